The normalized spacial score (nSPS) is 15.0. The smallest absolute Gasteiger partial charge is 0.344 e. The predicted octanol–water partition coefficient (Wildman–Crippen LogP) is 3.93. The molecule has 1 N–H and O–H groups in total. The molecule has 0 amide bonds. The van der Waals surface area contributed by atoms with Gasteiger partial charge >= 0.3 is 5.97 Å². The molecule has 2 aromatic carbocycles. The molecule has 0 bridgehead atoms. The average Bonchev–Trinajstić information content (AvgIpc) is 3.28. The Morgan fingerprint density at radius 1 is 1.17 bits per heavy atom. The lowest BCUT2D eigenvalue weighted by molar-refractivity contribution is 0.0434. The van der Waals surface area contributed by atoms with Crippen LogP contribution < -0.4 is 14.8 Å². The second-order valence-corrected chi connectivity index (χ2v) is 7.02. The van der Waals surface area contributed by atoms with Crippen molar-refractivity contribution in [2.45, 2.75) is 12.8 Å². The first-order valence-electron chi connectivity index (χ1n) is 8.56. The van der Waals surface area contributed by atoms with E-state index in [0.29, 0.717) is 45.2 Å². The summed E-state index contributed by atoms with van der Waals surface area (Å²) in [4.78, 5) is 16.6. The summed E-state index contributed by atoms with van der Waals surface area (Å²) in [5, 5.41) is 8.34. The molecule has 0 saturated heterocycles. The number of hydrogen-bond acceptors (Lipinski definition) is 7. The monoisotopic (exact) mass is 434 g/mol. The molecular formula is C19H16Cl2N4O4. The lowest BCUT2D eigenvalue weighted by Gasteiger charge is -2.12. The molecule has 3 aromatic rings. The average molecular weight is 435 g/mol. The Morgan fingerprint density at radius 3 is 2.72 bits per heavy atom. The third-order valence-electron chi connectivity index (χ3n) is 4.41. The fourth-order valence-corrected chi connectivity index (χ4v) is 3.41. The van der Waals surface area contributed by atoms with E-state index in [4.69, 9.17) is 37.4 Å². The van der Waals surface area contributed by atoms with Crippen molar-refractivity contribution in [3.05, 3.63) is 63.4 Å². The van der Waals surface area contributed by atoms with Crippen LogP contribution in [0.4, 0.5) is 5.95 Å². The summed E-state index contributed by atoms with van der Waals surface area (Å²) in [6, 6.07) is 8.81. The summed E-state index contributed by atoms with van der Waals surface area (Å²) in [7, 11) is 2.98. The number of nitrogens with one attached hydrogen (secondary N) is 1. The molecule has 1 atom stereocenters. The van der Waals surface area contributed by atoms with E-state index in [0.717, 1.165) is 5.56 Å². The van der Waals surface area contributed by atoms with Crippen LogP contribution in [0, 0.1) is 0 Å². The molecule has 0 radical (unpaired) electrons. The Bertz CT molecular complexity index is 1090. The number of carbonyl (C=O) groups excluding carboxylic acids is 1. The lowest BCUT2D eigenvalue weighted by atomic mass is 10.1. The Balaban J connectivity index is 1.53. The minimum absolute atomic E-state index is 0.311. The Hall–Kier alpha value is -2.97. The van der Waals surface area contributed by atoms with Crippen molar-refractivity contribution >= 4 is 35.1 Å². The van der Waals surface area contributed by atoms with Crippen molar-refractivity contribution in [3.63, 3.8) is 0 Å². The van der Waals surface area contributed by atoms with Gasteiger partial charge in [0.15, 0.2) is 11.5 Å². The molecule has 10 heteroatoms. The van der Waals surface area contributed by atoms with Crippen LogP contribution in [0.15, 0.2) is 36.7 Å². The number of cyclic esters (lactones) is 1. The van der Waals surface area contributed by atoms with Gasteiger partial charge in [0, 0.05) is 5.56 Å². The Morgan fingerprint density at radius 2 is 2.00 bits per heavy atom. The number of fused-ring (bicyclic) bond motifs is 1. The number of methoxy groups -OCH3 is 2. The van der Waals surface area contributed by atoms with Crippen LogP contribution in [0.5, 0.6) is 11.5 Å². The van der Waals surface area contributed by atoms with Crippen LogP contribution in [0.3, 0.4) is 0 Å². The number of anilines is 1. The quantitative estimate of drug-likeness (QED) is 0.587. The molecular weight excluding hydrogens is 419 g/mol. The number of ether oxygens (including phenoxy) is 3. The molecule has 0 fully saturated rings. The van der Waals surface area contributed by atoms with Crippen LogP contribution in [0.2, 0.25) is 10.0 Å². The molecule has 0 aliphatic carbocycles. The fourth-order valence-electron chi connectivity index (χ4n) is 3.09. The zero-order valence-corrected chi connectivity index (χ0v) is 17.0. The fraction of sp³-hybridized carbons (Fsp3) is 0.211. The van der Waals surface area contributed by atoms with Gasteiger partial charge in [0.2, 0.25) is 12.2 Å². The summed E-state index contributed by atoms with van der Waals surface area (Å²) >= 11 is 12.0. The molecule has 4 rings (SSSR count). The van der Waals surface area contributed by atoms with Crippen LogP contribution in [0.1, 0.15) is 27.7 Å². The van der Waals surface area contributed by atoms with Gasteiger partial charge in [-0.05, 0) is 29.8 Å². The van der Waals surface area contributed by atoms with Crippen LogP contribution in [-0.2, 0) is 11.3 Å². The Labute approximate surface area is 176 Å². The van der Waals surface area contributed by atoms with Crippen molar-refractivity contribution in [2.24, 2.45) is 0 Å². The third-order valence-corrected chi connectivity index (χ3v) is 5.15. The van der Waals surface area contributed by atoms with E-state index < -0.39 is 12.2 Å². The summed E-state index contributed by atoms with van der Waals surface area (Å²) in [6.07, 6.45) is 0.829. The summed E-state index contributed by atoms with van der Waals surface area (Å²) in [6.45, 7) is 0.456. The van der Waals surface area contributed by atoms with Gasteiger partial charge in [-0.25, -0.2) is 14.5 Å². The molecule has 0 saturated carbocycles. The van der Waals surface area contributed by atoms with E-state index in [2.05, 4.69) is 15.4 Å². The maximum Gasteiger partial charge on any atom is 0.344 e. The molecule has 0 unspecified atom stereocenters. The van der Waals surface area contributed by atoms with E-state index in [1.165, 1.54) is 14.2 Å². The number of hydrogen-bond donors (Lipinski definition) is 1. The van der Waals surface area contributed by atoms with Crippen molar-refractivity contribution in [1.82, 2.24) is 14.8 Å². The molecule has 2 heterocycles. The number of rotatable bonds is 6. The first kappa shape index (κ1) is 19.4. The second-order valence-electron chi connectivity index (χ2n) is 6.21. The van der Waals surface area contributed by atoms with Crippen LogP contribution in [-0.4, -0.2) is 35.0 Å². The number of aromatic nitrogens is 3. The number of nitrogens with zero attached hydrogens (tertiary/aromatic N) is 3. The van der Waals surface area contributed by atoms with Crippen LogP contribution >= 0.6 is 23.2 Å². The number of carbonyl (C=O) groups is 1. The maximum atomic E-state index is 12.4. The molecule has 1 aliphatic heterocycles. The van der Waals surface area contributed by atoms with E-state index >= 15 is 0 Å². The van der Waals surface area contributed by atoms with Crippen molar-refractivity contribution in [1.29, 1.82) is 0 Å². The molecule has 29 heavy (non-hydrogen) atoms. The summed E-state index contributed by atoms with van der Waals surface area (Å²) in [5.74, 6) is 0.583. The first-order chi connectivity index (χ1) is 14.0. The lowest BCUT2D eigenvalue weighted by Crippen LogP contribution is -2.12. The number of esters is 1. The maximum absolute atomic E-state index is 12.4. The van der Waals surface area contributed by atoms with E-state index in [1.54, 1.807) is 35.3 Å². The molecule has 150 valence electrons. The number of benzene rings is 2. The summed E-state index contributed by atoms with van der Waals surface area (Å²) in [5.41, 5.74) is 1.86. The van der Waals surface area contributed by atoms with E-state index in [9.17, 15) is 4.79 Å². The highest BCUT2D eigenvalue weighted by Crippen LogP contribution is 2.41. The first-order valence-corrected chi connectivity index (χ1v) is 9.31. The topological polar surface area (TPSA) is 87.5 Å². The van der Waals surface area contributed by atoms with Gasteiger partial charge in [-0.2, -0.15) is 0 Å². The van der Waals surface area contributed by atoms with E-state index in [-0.39, 0.29) is 0 Å². The standard InChI is InChI=1S/C19H16Cl2N4O4/c1-27-14-6-4-11-15(16(14)28-2)18(26)29-17(11)23-19-22-9-25(24-19)8-10-3-5-12(20)13(21)7-10/h3-7,9,17H,8H2,1-2H3,(H,23,24)/t17-/m1/s1. The minimum Gasteiger partial charge on any atom is -0.493 e. The van der Waals surface area contributed by atoms with Crippen molar-refractivity contribution in [2.75, 3.05) is 19.5 Å². The summed E-state index contributed by atoms with van der Waals surface area (Å²) < 4.78 is 17.6. The number of halogens is 2. The minimum atomic E-state index is -0.738. The van der Waals surface area contributed by atoms with Crippen molar-refractivity contribution in [3.8, 4) is 11.5 Å². The van der Waals surface area contributed by atoms with Gasteiger partial charge in [0.05, 0.1) is 30.8 Å². The zero-order chi connectivity index (χ0) is 20.5. The Kier molecular flexibility index (Phi) is 5.21. The van der Waals surface area contributed by atoms with Crippen LogP contribution in [0.25, 0.3) is 0 Å². The third kappa shape index (κ3) is 3.68. The van der Waals surface area contributed by atoms with Gasteiger partial charge < -0.3 is 19.5 Å². The second kappa shape index (κ2) is 7.81. The van der Waals surface area contributed by atoms with E-state index in [1.807, 2.05) is 6.07 Å². The van der Waals surface area contributed by atoms with Gasteiger partial charge in [-0.3, -0.25) is 0 Å². The van der Waals surface area contributed by atoms with Gasteiger partial charge in [0.25, 0.3) is 0 Å². The van der Waals surface area contributed by atoms with Gasteiger partial charge in [-0.15, -0.1) is 5.10 Å². The zero-order valence-electron chi connectivity index (χ0n) is 15.5. The SMILES string of the molecule is COc1ccc2c(c1OC)C(=O)O[C@H]2Nc1ncn(Cc2ccc(Cl)c(Cl)c2)n1. The molecule has 1 aromatic heterocycles. The van der Waals surface area contributed by atoms with Gasteiger partial charge in [0.1, 0.15) is 11.9 Å². The molecule has 8 nitrogen and oxygen atoms in total. The highest BCUT2D eigenvalue weighted by atomic mass is 35.5. The highest BCUT2D eigenvalue weighted by Gasteiger charge is 2.36. The predicted molar refractivity (Wildman–Crippen MR) is 107 cm³/mol. The van der Waals surface area contributed by atoms with Gasteiger partial charge in [-0.1, -0.05) is 29.3 Å². The highest BCUT2D eigenvalue weighted by molar-refractivity contribution is 6.42. The van der Waals surface area contributed by atoms with Crippen molar-refractivity contribution < 1.29 is 19.0 Å². The largest absolute Gasteiger partial charge is 0.493 e. The molecule has 0 spiro atoms. The molecule has 1 aliphatic rings.